The fraction of sp³-hybridized carbons (Fsp3) is 0.343. The summed E-state index contributed by atoms with van der Waals surface area (Å²) in [4.78, 5) is 48.6. The zero-order chi connectivity index (χ0) is 29.7. The highest BCUT2D eigenvalue weighted by Crippen LogP contribution is 2.55. The molecule has 3 aromatic rings. The van der Waals surface area contributed by atoms with E-state index in [1.54, 1.807) is 9.80 Å². The standard InChI is InChI=1S/C35H35N3O5/c1-2-18-36-19-8-14-28-29(32(36)40)30-33(41)38(27(22-39)24-11-4-3-5-12-24)31-34(42)37(20-9-17-35(30,31)43-28)26-16-15-23-10-6-7-13-25(23)21-26/h3-17,21,27-31,39H,2,18-20,22H2,1H3/t27-,28-,29+,30+,31?,35+/m1/s1. The molecule has 0 saturated carbocycles. The number of benzene rings is 3. The average Bonchev–Trinajstić information content (AvgIpc) is 3.35. The van der Waals surface area contributed by atoms with Crippen LogP contribution in [0.1, 0.15) is 24.9 Å². The lowest BCUT2D eigenvalue weighted by Crippen LogP contribution is -2.56. The highest BCUT2D eigenvalue weighted by molar-refractivity contribution is 6.06. The molecule has 8 nitrogen and oxygen atoms in total. The molecule has 2 saturated heterocycles. The van der Waals surface area contributed by atoms with Crippen LogP contribution < -0.4 is 4.90 Å². The van der Waals surface area contributed by atoms with Crippen molar-refractivity contribution in [3.8, 4) is 0 Å². The fourth-order valence-corrected chi connectivity index (χ4v) is 7.54. The van der Waals surface area contributed by atoms with Crippen LogP contribution in [0.3, 0.4) is 0 Å². The van der Waals surface area contributed by atoms with Gasteiger partial charge in [-0.2, -0.15) is 0 Å². The predicted molar refractivity (Wildman–Crippen MR) is 163 cm³/mol. The Balaban J connectivity index is 1.37. The van der Waals surface area contributed by atoms with E-state index in [2.05, 4.69) is 0 Å². The third kappa shape index (κ3) is 4.23. The van der Waals surface area contributed by atoms with Gasteiger partial charge in [-0.15, -0.1) is 0 Å². The van der Waals surface area contributed by atoms with E-state index in [0.29, 0.717) is 24.3 Å². The maximum absolute atomic E-state index is 14.8. The van der Waals surface area contributed by atoms with Crippen molar-refractivity contribution in [2.45, 2.75) is 37.1 Å². The lowest BCUT2D eigenvalue weighted by Gasteiger charge is -2.38. The molecule has 2 fully saturated rings. The fourth-order valence-electron chi connectivity index (χ4n) is 7.54. The zero-order valence-electron chi connectivity index (χ0n) is 24.1. The van der Waals surface area contributed by atoms with Crippen molar-refractivity contribution in [2.75, 3.05) is 31.1 Å². The molecule has 1 unspecified atom stereocenters. The molecular formula is C35H35N3O5. The molecule has 3 amide bonds. The minimum absolute atomic E-state index is 0.135. The molecule has 0 aliphatic carbocycles. The van der Waals surface area contributed by atoms with E-state index in [0.717, 1.165) is 17.2 Å². The smallest absolute Gasteiger partial charge is 0.253 e. The highest BCUT2D eigenvalue weighted by Gasteiger charge is 2.72. The van der Waals surface area contributed by atoms with E-state index in [4.69, 9.17) is 4.74 Å². The number of carbonyl (C=O) groups is 3. The molecule has 4 heterocycles. The van der Waals surface area contributed by atoms with Gasteiger partial charge in [0.25, 0.3) is 5.91 Å². The number of ether oxygens (including phenoxy) is 1. The van der Waals surface area contributed by atoms with Crippen LogP contribution in [-0.2, 0) is 19.1 Å². The Bertz CT molecular complexity index is 1640. The van der Waals surface area contributed by atoms with Gasteiger partial charge in [0.15, 0.2) is 0 Å². The van der Waals surface area contributed by atoms with Crippen LogP contribution in [0.15, 0.2) is 97.1 Å². The van der Waals surface area contributed by atoms with Crippen LogP contribution in [0.2, 0.25) is 0 Å². The molecular weight excluding hydrogens is 542 g/mol. The van der Waals surface area contributed by atoms with Crippen molar-refractivity contribution in [2.24, 2.45) is 11.8 Å². The first kappa shape index (κ1) is 27.6. The van der Waals surface area contributed by atoms with Crippen molar-refractivity contribution in [1.29, 1.82) is 0 Å². The van der Waals surface area contributed by atoms with E-state index in [9.17, 15) is 19.5 Å². The number of rotatable bonds is 6. The Morgan fingerprint density at radius 2 is 1.67 bits per heavy atom. The maximum atomic E-state index is 14.8. The van der Waals surface area contributed by atoms with Crippen LogP contribution in [0.25, 0.3) is 10.8 Å². The third-order valence-electron chi connectivity index (χ3n) is 9.41. The molecule has 43 heavy (non-hydrogen) atoms. The van der Waals surface area contributed by atoms with Gasteiger partial charge in [0.2, 0.25) is 11.8 Å². The molecule has 3 aromatic carbocycles. The Labute approximate surface area is 250 Å². The van der Waals surface area contributed by atoms with Crippen molar-refractivity contribution in [3.05, 3.63) is 103 Å². The molecule has 0 radical (unpaired) electrons. The van der Waals surface area contributed by atoms with E-state index < -0.39 is 35.6 Å². The highest BCUT2D eigenvalue weighted by atomic mass is 16.5. The summed E-state index contributed by atoms with van der Waals surface area (Å²) in [5.74, 6) is -2.47. The molecule has 4 aliphatic heterocycles. The second kappa shape index (κ2) is 10.8. The quantitative estimate of drug-likeness (QED) is 0.450. The van der Waals surface area contributed by atoms with E-state index in [1.807, 2.05) is 104 Å². The van der Waals surface area contributed by atoms with Gasteiger partial charge < -0.3 is 24.5 Å². The summed E-state index contributed by atoms with van der Waals surface area (Å²) >= 11 is 0. The van der Waals surface area contributed by atoms with Crippen molar-refractivity contribution < 1.29 is 24.2 Å². The molecule has 4 aliphatic rings. The van der Waals surface area contributed by atoms with Crippen LogP contribution in [0.4, 0.5) is 5.69 Å². The Kier molecular flexibility index (Phi) is 6.91. The summed E-state index contributed by atoms with van der Waals surface area (Å²) in [5.41, 5.74) is 0.0498. The maximum Gasteiger partial charge on any atom is 0.253 e. The van der Waals surface area contributed by atoms with Crippen molar-refractivity contribution in [1.82, 2.24) is 9.80 Å². The second-order valence-electron chi connectivity index (χ2n) is 11.8. The van der Waals surface area contributed by atoms with Crippen LogP contribution in [0, 0.1) is 11.8 Å². The number of carbonyl (C=O) groups excluding carboxylic acids is 3. The first-order chi connectivity index (χ1) is 21.0. The molecule has 1 N–H and O–H groups in total. The Morgan fingerprint density at radius 3 is 2.44 bits per heavy atom. The molecule has 6 atom stereocenters. The number of amides is 3. The number of aliphatic hydroxyl groups excluding tert-OH is 1. The Hall–Kier alpha value is -4.27. The molecule has 7 rings (SSSR count). The summed E-state index contributed by atoms with van der Waals surface area (Å²) in [6.45, 7) is 2.94. The minimum atomic E-state index is -1.37. The first-order valence-corrected chi connectivity index (χ1v) is 15.1. The van der Waals surface area contributed by atoms with Crippen molar-refractivity contribution in [3.63, 3.8) is 0 Å². The van der Waals surface area contributed by atoms with E-state index in [-0.39, 0.29) is 30.9 Å². The van der Waals surface area contributed by atoms with E-state index >= 15 is 0 Å². The number of anilines is 1. The molecule has 8 heteroatoms. The van der Waals surface area contributed by atoms with Crippen molar-refractivity contribution >= 4 is 34.2 Å². The number of hydrogen-bond acceptors (Lipinski definition) is 5. The number of fused-ring (bicyclic) bond motifs is 3. The topological polar surface area (TPSA) is 90.4 Å². The lowest BCUT2D eigenvalue weighted by atomic mass is 9.77. The van der Waals surface area contributed by atoms with Crippen LogP contribution in [-0.4, -0.2) is 76.6 Å². The molecule has 1 spiro atoms. The predicted octanol–water partition coefficient (Wildman–Crippen LogP) is 3.87. The van der Waals surface area contributed by atoms with Gasteiger partial charge in [-0.1, -0.05) is 91.9 Å². The summed E-state index contributed by atoms with van der Waals surface area (Å²) < 4.78 is 6.78. The van der Waals surface area contributed by atoms with Gasteiger partial charge in [-0.05, 0) is 34.9 Å². The molecule has 0 bridgehead atoms. The number of hydrogen-bond donors (Lipinski definition) is 1. The number of aliphatic hydroxyl groups is 1. The average molecular weight is 578 g/mol. The summed E-state index contributed by atoms with van der Waals surface area (Å²) in [5, 5.41) is 12.8. The zero-order valence-corrected chi connectivity index (χ0v) is 24.1. The van der Waals surface area contributed by atoms with Gasteiger partial charge in [-0.25, -0.2) is 0 Å². The normalized spacial score (nSPS) is 29.0. The summed E-state index contributed by atoms with van der Waals surface area (Å²) in [6.07, 6.45) is 7.69. The van der Waals surface area contributed by atoms with Gasteiger partial charge >= 0.3 is 0 Å². The molecule has 220 valence electrons. The monoisotopic (exact) mass is 577 g/mol. The number of nitrogens with zero attached hydrogens (tertiary/aromatic N) is 3. The summed E-state index contributed by atoms with van der Waals surface area (Å²) in [6, 6.07) is 21.2. The third-order valence-corrected chi connectivity index (χ3v) is 9.41. The van der Waals surface area contributed by atoms with Gasteiger partial charge in [0.05, 0.1) is 30.6 Å². The largest absolute Gasteiger partial charge is 0.394 e. The first-order valence-electron chi connectivity index (χ1n) is 15.1. The van der Waals surface area contributed by atoms with E-state index in [1.165, 1.54) is 4.90 Å². The van der Waals surface area contributed by atoms with Crippen LogP contribution in [0.5, 0.6) is 0 Å². The van der Waals surface area contributed by atoms with Gasteiger partial charge in [0.1, 0.15) is 11.6 Å². The lowest BCUT2D eigenvalue weighted by molar-refractivity contribution is -0.147. The van der Waals surface area contributed by atoms with Gasteiger partial charge in [-0.3, -0.25) is 14.4 Å². The second-order valence-corrected chi connectivity index (χ2v) is 11.8. The minimum Gasteiger partial charge on any atom is -0.394 e. The SMILES string of the molecule is CCCN1CC=C[C@H]2O[C@]34C=CCN(c5ccc6ccccc6c5)C(=O)C3N([C@H](CO)c3ccccc3)C(=O)[C@@H]4[C@H]2C1=O. The summed E-state index contributed by atoms with van der Waals surface area (Å²) in [7, 11) is 0. The molecule has 0 aromatic heterocycles. The van der Waals surface area contributed by atoms with Gasteiger partial charge in [0, 0.05) is 25.3 Å². The number of likely N-dealkylation sites (tertiary alicyclic amines) is 1. The van der Waals surface area contributed by atoms with Crippen LogP contribution >= 0.6 is 0 Å². The Morgan fingerprint density at radius 1 is 0.907 bits per heavy atom.